The number of rotatable bonds is 7. The lowest BCUT2D eigenvalue weighted by molar-refractivity contribution is -0.145. The second-order valence-corrected chi connectivity index (χ2v) is 10.0. The molecular formula is C24H21F3N2O5S. The van der Waals surface area contributed by atoms with Crippen molar-refractivity contribution < 1.29 is 35.5 Å². The molecule has 7 nitrogen and oxygen atoms in total. The summed E-state index contributed by atoms with van der Waals surface area (Å²) in [7, 11) is -4.35. The number of hydrogen-bond donors (Lipinski definition) is 1. The summed E-state index contributed by atoms with van der Waals surface area (Å²) in [6, 6.07) is 8.86. The number of esters is 1. The minimum Gasteiger partial charge on any atom is -0.441 e. The lowest BCUT2D eigenvalue weighted by Crippen LogP contribution is -2.24. The van der Waals surface area contributed by atoms with Crippen molar-refractivity contribution in [2.45, 2.75) is 37.1 Å². The molecule has 0 spiro atoms. The maximum absolute atomic E-state index is 13.8. The normalized spacial score (nSPS) is 14.2. The van der Waals surface area contributed by atoms with Gasteiger partial charge in [-0.3, -0.25) is 4.79 Å². The number of aryl methyl sites for hydroxylation is 1. The number of nitrogens with one attached hydrogen (secondary N) is 1. The summed E-state index contributed by atoms with van der Waals surface area (Å²) in [6.07, 6.45) is -3.49. The van der Waals surface area contributed by atoms with E-state index in [1.807, 2.05) is 0 Å². The Kier molecular flexibility index (Phi) is 6.22. The minimum absolute atomic E-state index is 0.0791. The highest BCUT2D eigenvalue weighted by atomic mass is 32.2. The van der Waals surface area contributed by atoms with Crippen LogP contribution in [0.1, 0.15) is 46.7 Å². The number of nitrogens with zero attached hydrogens (tertiary/aromatic N) is 1. The first-order valence-electron chi connectivity index (χ1n) is 10.6. The highest BCUT2D eigenvalue weighted by molar-refractivity contribution is 7.91. The van der Waals surface area contributed by atoms with E-state index in [2.05, 4.69) is 16.5 Å². The van der Waals surface area contributed by atoms with Crippen LogP contribution in [0.5, 0.6) is 0 Å². The van der Waals surface area contributed by atoms with E-state index in [1.54, 1.807) is 19.1 Å². The van der Waals surface area contributed by atoms with Crippen LogP contribution in [0.4, 0.5) is 13.2 Å². The third-order valence-electron chi connectivity index (χ3n) is 5.46. The van der Waals surface area contributed by atoms with Crippen LogP contribution in [0.15, 0.2) is 59.5 Å². The highest BCUT2D eigenvalue weighted by Gasteiger charge is 2.39. The lowest BCUT2D eigenvalue weighted by atomic mass is 10.1. The van der Waals surface area contributed by atoms with Gasteiger partial charge in [0.2, 0.25) is 15.3 Å². The molecule has 0 saturated heterocycles. The van der Waals surface area contributed by atoms with Gasteiger partial charge in [0, 0.05) is 24.2 Å². The van der Waals surface area contributed by atoms with Crippen LogP contribution in [0, 0.1) is 6.92 Å². The fraction of sp³-hybridized carbons (Fsp3) is 0.250. The number of aromatic nitrogens is 2. The van der Waals surface area contributed by atoms with Gasteiger partial charge in [-0.2, -0.15) is 13.2 Å². The maximum Gasteiger partial charge on any atom is 0.416 e. The summed E-state index contributed by atoms with van der Waals surface area (Å²) in [5.74, 6) is -0.390. The first kappa shape index (κ1) is 24.5. The van der Waals surface area contributed by atoms with Gasteiger partial charge in [0.15, 0.2) is 11.5 Å². The van der Waals surface area contributed by atoms with Crippen LogP contribution in [-0.2, 0) is 25.5 Å². The van der Waals surface area contributed by atoms with Crippen molar-refractivity contribution in [1.29, 1.82) is 0 Å². The molecule has 1 N–H and O–H groups in total. The zero-order chi connectivity index (χ0) is 25.5. The van der Waals surface area contributed by atoms with E-state index in [-0.39, 0.29) is 23.0 Å². The molecule has 0 radical (unpaired) electrons. The second kappa shape index (κ2) is 8.88. The molecule has 2 unspecified atom stereocenters. The van der Waals surface area contributed by atoms with E-state index < -0.39 is 38.2 Å². The van der Waals surface area contributed by atoms with E-state index in [0.29, 0.717) is 22.6 Å². The first-order valence-corrected chi connectivity index (χ1v) is 12.2. The Hall–Kier alpha value is -3.60. The number of carbonyl (C=O) groups is 1. The molecule has 11 heteroatoms. The summed E-state index contributed by atoms with van der Waals surface area (Å²) in [4.78, 5) is 19.1. The molecule has 0 aliphatic rings. The van der Waals surface area contributed by atoms with Crippen molar-refractivity contribution in [3.05, 3.63) is 77.8 Å². The van der Waals surface area contributed by atoms with Crippen molar-refractivity contribution >= 4 is 37.8 Å². The van der Waals surface area contributed by atoms with Gasteiger partial charge in [-0.25, -0.2) is 13.4 Å². The quantitative estimate of drug-likeness (QED) is 0.246. The molecule has 2 atom stereocenters. The molecule has 0 amide bonds. The number of fused-ring (bicyclic) bond motifs is 2. The summed E-state index contributed by atoms with van der Waals surface area (Å²) in [6.45, 7) is 6.80. The Morgan fingerprint density at radius 2 is 1.97 bits per heavy atom. The SMILES string of the molecule is C=CC(c1ccc2nc(C)oc2c1)S(=O)(=O)C(OC(=O)CC)c1cc2cc(C(F)(F)F)ccc2[nH]1. The van der Waals surface area contributed by atoms with Gasteiger partial charge in [0.05, 0.1) is 11.3 Å². The lowest BCUT2D eigenvalue weighted by Gasteiger charge is -2.22. The fourth-order valence-electron chi connectivity index (χ4n) is 3.80. The van der Waals surface area contributed by atoms with Gasteiger partial charge in [-0.1, -0.05) is 19.1 Å². The van der Waals surface area contributed by atoms with Gasteiger partial charge in [0.1, 0.15) is 10.8 Å². The van der Waals surface area contributed by atoms with E-state index in [9.17, 15) is 26.4 Å². The van der Waals surface area contributed by atoms with E-state index in [4.69, 9.17) is 9.15 Å². The maximum atomic E-state index is 13.8. The van der Waals surface area contributed by atoms with Gasteiger partial charge in [-0.15, -0.1) is 6.58 Å². The predicted octanol–water partition coefficient (Wildman–Crippen LogP) is 5.93. The number of H-pyrrole nitrogens is 1. The van der Waals surface area contributed by atoms with Crippen molar-refractivity contribution in [3.63, 3.8) is 0 Å². The Labute approximate surface area is 198 Å². The molecule has 2 heterocycles. The van der Waals surface area contributed by atoms with Gasteiger partial charge in [0.25, 0.3) is 0 Å². The number of aromatic amines is 1. The molecular weight excluding hydrogens is 485 g/mol. The topological polar surface area (TPSA) is 102 Å². The van der Waals surface area contributed by atoms with Crippen LogP contribution in [0.3, 0.4) is 0 Å². The van der Waals surface area contributed by atoms with Crippen molar-refractivity contribution in [3.8, 4) is 0 Å². The van der Waals surface area contributed by atoms with Gasteiger partial charge >= 0.3 is 12.1 Å². The number of ether oxygens (including phenoxy) is 1. The smallest absolute Gasteiger partial charge is 0.416 e. The minimum atomic E-state index is -4.57. The molecule has 184 valence electrons. The number of alkyl halides is 3. The van der Waals surface area contributed by atoms with E-state index >= 15 is 0 Å². The number of sulfone groups is 1. The Morgan fingerprint density at radius 3 is 2.63 bits per heavy atom. The van der Waals surface area contributed by atoms with E-state index in [0.717, 1.165) is 12.1 Å². The highest BCUT2D eigenvalue weighted by Crippen LogP contribution is 2.39. The molecule has 0 aliphatic heterocycles. The Morgan fingerprint density at radius 1 is 1.23 bits per heavy atom. The zero-order valence-corrected chi connectivity index (χ0v) is 19.5. The molecule has 4 rings (SSSR count). The first-order chi connectivity index (χ1) is 16.4. The summed E-state index contributed by atoms with van der Waals surface area (Å²) in [5.41, 5.74) is -1.31. The average Bonchev–Trinajstić information content (AvgIpc) is 3.38. The van der Waals surface area contributed by atoms with Gasteiger partial charge in [-0.05, 0) is 42.0 Å². The monoisotopic (exact) mass is 506 g/mol. The fourth-order valence-corrected chi connectivity index (χ4v) is 5.58. The van der Waals surface area contributed by atoms with Crippen molar-refractivity contribution in [2.75, 3.05) is 0 Å². The molecule has 2 aromatic carbocycles. The second-order valence-electron chi connectivity index (χ2n) is 7.91. The van der Waals surface area contributed by atoms with Crippen molar-refractivity contribution in [1.82, 2.24) is 9.97 Å². The van der Waals surface area contributed by atoms with Crippen LogP contribution in [0.25, 0.3) is 22.0 Å². The Bertz CT molecular complexity index is 1540. The third-order valence-corrected chi connectivity index (χ3v) is 7.58. The molecule has 35 heavy (non-hydrogen) atoms. The molecule has 0 aliphatic carbocycles. The van der Waals surface area contributed by atoms with Gasteiger partial charge < -0.3 is 14.1 Å². The molecule has 2 aromatic heterocycles. The largest absolute Gasteiger partial charge is 0.441 e. The van der Waals surface area contributed by atoms with Crippen LogP contribution < -0.4 is 0 Å². The number of oxazole rings is 1. The Balaban J connectivity index is 1.82. The number of benzene rings is 2. The molecule has 0 bridgehead atoms. The van der Waals surface area contributed by atoms with Crippen LogP contribution >= 0.6 is 0 Å². The molecule has 0 saturated carbocycles. The van der Waals surface area contributed by atoms with Crippen molar-refractivity contribution in [2.24, 2.45) is 0 Å². The average molecular weight is 507 g/mol. The standard InChI is InChI=1S/C24H21F3N2O5S/c1-4-21(14-6-8-18-20(12-14)33-13(3)28-18)35(31,32)23(34-22(30)5-2)19-11-15-10-16(24(25,26)27)7-9-17(15)29-19/h4,6-12,21,23,29H,1,5H2,2-3H3. The number of halogens is 3. The van der Waals surface area contributed by atoms with E-state index in [1.165, 1.54) is 31.2 Å². The predicted molar refractivity (Wildman–Crippen MR) is 123 cm³/mol. The zero-order valence-electron chi connectivity index (χ0n) is 18.7. The number of hydrogen-bond acceptors (Lipinski definition) is 6. The summed E-state index contributed by atoms with van der Waals surface area (Å²) in [5, 5.41) is -1.19. The third kappa shape index (κ3) is 4.68. The summed E-state index contributed by atoms with van der Waals surface area (Å²) >= 11 is 0. The summed E-state index contributed by atoms with van der Waals surface area (Å²) < 4.78 is 77.8. The number of carbonyl (C=O) groups excluding carboxylic acids is 1. The molecule has 0 fully saturated rings. The van der Waals surface area contributed by atoms with Crippen LogP contribution in [-0.4, -0.2) is 24.4 Å². The molecule has 4 aromatic rings. The van der Waals surface area contributed by atoms with Crippen LogP contribution in [0.2, 0.25) is 0 Å².